The summed E-state index contributed by atoms with van der Waals surface area (Å²) in [5.74, 6) is 0.654. The van der Waals surface area contributed by atoms with Crippen molar-refractivity contribution in [2.45, 2.75) is 32.0 Å². The van der Waals surface area contributed by atoms with Crippen LogP contribution in [-0.2, 0) is 4.74 Å². The van der Waals surface area contributed by atoms with E-state index in [1.807, 2.05) is 0 Å². The zero-order valence-electron chi connectivity index (χ0n) is 7.36. The normalized spacial score (nSPS) is 54.6. The minimum absolute atomic E-state index is 0.317. The molecule has 64 valence electrons. The largest absolute Gasteiger partial charge is 0.373 e. The Bertz CT molecular complexity index is 266. The molecule has 0 aromatic heterocycles. The molecular formula is C11H14O. The summed E-state index contributed by atoms with van der Waals surface area (Å²) >= 11 is 0. The Labute approximate surface area is 73.1 Å². The van der Waals surface area contributed by atoms with Gasteiger partial charge in [-0.1, -0.05) is 31.2 Å². The van der Waals surface area contributed by atoms with Crippen molar-refractivity contribution in [1.29, 1.82) is 0 Å². The van der Waals surface area contributed by atoms with Gasteiger partial charge in [0.05, 0.1) is 12.2 Å². The van der Waals surface area contributed by atoms with Crippen molar-refractivity contribution < 1.29 is 4.74 Å². The SMILES string of the molecule is CC12C=CC=CC1C1CCC2O1. The fraction of sp³-hybridized carbons (Fsp3) is 0.636. The summed E-state index contributed by atoms with van der Waals surface area (Å²) in [6.45, 7) is 2.33. The molecule has 0 amide bonds. The van der Waals surface area contributed by atoms with Crippen LogP contribution in [0.25, 0.3) is 0 Å². The highest BCUT2D eigenvalue weighted by Gasteiger charge is 2.54. The second kappa shape index (κ2) is 2.02. The number of ether oxygens (including phenoxy) is 1. The van der Waals surface area contributed by atoms with Crippen LogP contribution in [0.4, 0.5) is 0 Å². The molecule has 1 aliphatic carbocycles. The third-order valence-corrected chi connectivity index (χ3v) is 3.75. The van der Waals surface area contributed by atoms with Gasteiger partial charge in [-0.05, 0) is 12.8 Å². The lowest BCUT2D eigenvalue weighted by Crippen LogP contribution is -2.35. The molecule has 0 aromatic carbocycles. The molecular weight excluding hydrogens is 148 g/mol. The van der Waals surface area contributed by atoms with Gasteiger partial charge in [0.2, 0.25) is 0 Å². The molecule has 4 unspecified atom stereocenters. The first kappa shape index (κ1) is 6.90. The van der Waals surface area contributed by atoms with E-state index in [4.69, 9.17) is 4.74 Å². The number of hydrogen-bond donors (Lipinski definition) is 0. The van der Waals surface area contributed by atoms with Gasteiger partial charge in [-0.2, -0.15) is 0 Å². The van der Waals surface area contributed by atoms with Gasteiger partial charge in [-0.3, -0.25) is 0 Å². The second-order valence-electron chi connectivity index (χ2n) is 4.38. The van der Waals surface area contributed by atoms with Crippen molar-refractivity contribution in [3.05, 3.63) is 24.3 Å². The van der Waals surface area contributed by atoms with Crippen LogP contribution in [0.15, 0.2) is 24.3 Å². The van der Waals surface area contributed by atoms with Crippen LogP contribution in [0, 0.1) is 11.3 Å². The highest BCUT2D eigenvalue weighted by Crippen LogP contribution is 2.54. The lowest BCUT2D eigenvalue weighted by atomic mass is 9.66. The zero-order chi connectivity index (χ0) is 8.18. The molecule has 2 fully saturated rings. The van der Waals surface area contributed by atoms with E-state index in [-0.39, 0.29) is 0 Å². The number of hydrogen-bond acceptors (Lipinski definition) is 1. The van der Waals surface area contributed by atoms with E-state index in [2.05, 4.69) is 31.2 Å². The zero-order valence-corrected chi connectivity index (χ0v) is 7.36. The summed E-state index contributed by atoms with van der Waals surface area (Å²) in [7, 11) is 0. The molecule has 0 radical (unpaired) electrons. The number of fused-ring (bicyclic) bond motifs is 5. The van der Waals surface area contributed by atoms with Gasteiger partial charge in [0.1, 0.15) is 0 Å². The molecule has 2 aliphatic heterocycles. The Morgan fingerprint density at radius 2 is 2.25 bits per heavy atom. The van der Waals surface area contributed by atoms with Crippen LogP contribution < -0.4 is 0 Å². The monoisotopic (exact) mass is 162 g/mol. The highest BCUT2D eigenvalue weighted by atomic mass is 16.5. The van der Waals surface area contributed by atoms with Gasteiger partial charge in [-0.25, -0.2) is 0 Å². The molecule has 0 saturated carbocycles. The van der Waals surface area contributed by atoms with Gasteiger partial charge in [0.15, 0.2) is 0 Å². The minimum atomic E-state index is 0.317. The van der Waals surface area contributed by atoms with E-state index in [1.165, 1.54) is 12.8 Å². The Kier molecular flexibility index (Phi) is 1.16. The number of rotatable bonds is 0. The molecule has 2 bridgehead atoms. The van der Waals surface area contributed by atoms with Crippen LogP contribution in [-0.4, -0.2) is 12.2 Å². The van der Waals surface area contributed by atoms with Crippen molar-refractivity contribution in [3.63, 3.8) is 0 Å². The average molecular weight is 162 g/mol. The molecule has 12 heavy (non-hydrogen) atoms. The molecule has 0 N–H and O–H groups in total. The molecule has 4 atom stereocenters. The molecule has 2 heterocycles. The molecule has 1 heteroatoms. The molecule has 3 aliphatic rings. The Hall–Kier alpha value is -0.560. The average Bonchev–Trinajstić information content (AvgIpc) is 2.62. The fourth-order valence-corrected chi connectivity index (χ4v) is 3.00. The summed E-state index contributed by atoms with van der Waals surface area (Å²) in [6, 6.07) is 0. The summed E-state index contributed by atoms with van der Waals surface area (Å²) in [5.41, 5.74) is 0.317. The van der Waals surface area contributed by atoms with Gasteiger partial charge in [0.25, 0.3) is 0 Å². The van der Waals surface area contributed by atoms with Gasteiger partial charge in [-0.15, -0.1) is 0 Å². The van der Waals surface area contributed by atoms with E-state index in [9.17, 15) is 0 Å². The smallest absolute Gasteiger partial charge is 0.0674 e. The van der Waals surface area contributed by atoms with Gasteiger partial charge >= 0.3 is 0 Å². The van der Waals surface area contributed by atoms with E-state index in [0.717, 1.165) is 0 Å². The lowest BCUT2D eigenvalue weighted by molar-refractivity contribution is 0.0809. The minimum Gasteiger partial charge on any atom is -0.373 e. The van der Waals surface area contributed by atoms with Crippen molar-refractivity contribution in [2.24, 2.45) is 11.3 Å². The van der Waals surface area contributed by atoms with Crippen molar-refractivity contribution in [1.82, 2.24) is 0 Å². The first-order valence-corrected chi connectivity index (χ1v) is 4.82. The predicted molar refractivity (Wildman–Crippen MR) is 47.8 cm³/mol. The Morgan fingerprint density at radius 1 is 1.33 bits per heavy atom. The fourth-order valence-electron chi connectivity index (χ4n) is 3.00. The molecule has 3 rings (SSSR count). The quantitative estimate of drug-likeness (QED) is 0.531. The van der Waals surface area contributed by atoms with Crippen molar-refractivity contribution in [3.8, 4) is 0 Å². The van der Waals surface area contributed by atoms with Crippen LogP contribution in [0.5, 0.6) is 0 Å². The van der Waals surface area contributed by atoms with E-state index >= 15 is 0 Å². The topological polar surface area (TPSA) is 9.23 Å². The lowest BCUT2D eigenvalue weighted by Gasteiger charge is -2.35. The standard InChI is InChI=1S/C11H14O/c1-11-7-3-2-4-8(11)9-5-6-10(11)12-9/h2-4,7-10H,5-6H2,1H3. The number of allylic oxidation sites excluding steroid dienone is 2. The van der Waals surface area contributed by atoms with Gasteiger partial charge < -0.3 is 4.74 Å². The van der Waals surface area contributed by atoms with Crippen LogP contribution >= 0.6 is 0 Å². The third-order valence-electron chi connectivity index (χ3n) is 3.75. The third kappa shape index (κ3) is 0.639. The summed E-state index contributed by atoms with van der Waals surface area (Å²) in [6.07, 6.45) is 12.5. The Balaban J connectivity index is 2.06. The van der Waals surface area contributed by atoms with E-state index in [1.54, 1.807) is 0 Å². The maximum Gasteiger partial charge on any atom is 0.0674 e. The van der Waals surface area contributed by atoms with Crippen molar-refractivity contribution >= 4 is 0 Å². The van der Waals surface area contributed by atoms with Crippen molar-refractivity contribution in [2.75, 3.05) is 0 Å². The van der Waals surface area contributed by atoms with E-state index in [0.29, 0.717) is 23.5 Å². The maximum atomic E-state index is 5.92. The van der Waals surface area contributed by atoms with Gasteiger partial charge in [0, 0.05) is 11.3 Å². The predicted octanol–water partition coefficient (Wildman–Crippen LogP) is 2.30. The van der Waals surface area contributed by atoms with Crippen LogP contribution in [0.3, 0.4) is 0 Å². The highest BCUT2D eigenvalue weighted by molar-refractivity contribution is 5.26. The molecule has 2 saturated heterocycles. The Morgan fingerprint density at radius 3 is 3.08 bits per heavy atom. The van der Waals surface area contributed by atoms with E-state index < -0.39 is 0 Å². The molecule has 1 nitrogen and oxygen atoms in total. The maximum absolute atomic E-state index is 5.92. The summed E-state index contributed by atoms with van der Waals surface area (Å²) < 4.78 is 5.92. The first-order valence-electron chi connectivity index (χ1n) is 4.82. The summed E-state index contributed by atoms with van der Waals surface area (Å²) in [4.78, 5) is 0. The summed E-state index contributed by atoms with van der Waals surface area (Å²) in [5, 5.41) is 0. The van der Waals surface area contributed by atoms with Crippen LogP contribution in [0.1, 0.15) is 19.8 Å². The first-order chi connectivity index (χ1) is 5.81. The second-order valence-corrected chi connectivity index (χ2v) is 4.38. The molecule has 0 spiro atoms. The molecule has 0 aromatic rings. The van der Waals surface area contributed by atoms with Crippen LogP contribution in [0.2, 0.25) is 0 Å².